The van der Waals surface area contributed by atoms with E-state index in [1.807, 2.05) is 310 Å². The zero-order valence-corrected chi connectivity index (χ0v) is 88.7. The van der Waals surface area contributed by atoms with E-state index in [1.165, 1.54) is 72.1 Å². The van der Waals surface area contributed by atoms with E-state index >= 15 is 0 Å². The number of halogens is 2. The van der Waals surface area contributed by atoms with Crippen molar-refractivity contribution < 1.29 is 109 Å². The molecule has 0 aliphatic carbocycles. The van der Waals surface area contributed by atoms with E-state index in [2.05, 4.69) is 248 Å². The second kappa shape index (κ2) is 61.0. The van der Waals surface area contributed by atoms with Gasteiger partial charge in [-0.25, -0.2) is 0 Å². The van der Waals surface area contributed by atoms with Gasteiger partial charge in [-0.15, -0.1) is 286 Å². The molecule has 9 aromatic heterocycles. The van der Waals surface area contributed by atoms with Crippen LogP contribution in [-0.2, 0) is 101 Å². The number of hydrogen-bond donors (Lipinski definition) is 0. The number of hydrogen-bond acceptors (Lipinski definition) is 9. The first-order valence-electron chi connectivity index (χ1n) is 43.9. The van der Waals surface area contributed by atoms with Gasteiger partial charge in [-0.05, 0) is 135 Å². The predicted octanol–water partition coefficient (Wildman–Crippen LogP) is 29.9. The molecule has 0 atom stereocenters. The van der Waals surface area contributed by atoms with E-state index in [1.54, 1.807) is 43.2 Å². The smallest absolute Gasteiger partial charge is 0.0493 e. The van der Waals surface area contributed by atoms with Crippen LogP contribution in [0.3, 0.4) is 0 Å². The van der Waals surface area contributed by atoms with Gasteiger partial charge in [0, 0.05) is 174 Å². The summed E-state index contributed by atoms with van der Waals surface area (Å²) in [4.78, 5) is 34.4. The minimum atomic E-state index is -0.677. The fourth-order valence-corrected chi connectivity index (χ4v) is 13.4. The maximum absolute atomic E-state index is 13.1. The Labute approximate surface area is 893 Å². The molecule has 141 heavy (non-hydrogen) atoms. The molecule has 0 aliphatic rings. The largest absolute Gasteiger partial charge is 0.305 e. The van der Waals surface area contributed by atoms with Crippen molar-refractivity contribution in [2.45, 2.75) is 20.8 Å². The first-order valence-corrected chi connectivity index (χ1v) is 43.9. The van der Waals surface area contributed by atoms with Gasteiger partial charge in [0.15, 0.2) is 0 Å². The van der Waals surface area contributed by atoms with Gasteiger partial charge >= 0.3 is 0 Å². The van der Waals surface area contributed by atoms with E-state index in [-0.39, 0.29) is 106 Å². The van der Waals surface area contributed by atoms with Gasteiger partial charge in [0.25, 0.3) is 0 Å². The fraction of sp³-hybridized carbons (Fsp3) is 0.0242. The molecule has 22 rings (SSSR count). The van der Waals surface area contributed by atoms with Gasteiger partial charge in [-0.3, -0.25) is 13.5 Å². The Morgan fingerprint density at radius 1 is 0.199 bits per heavy atom. The second-order valence-corrected chi connectivity index (χ2v) is 30.2. The average Bonchev–Trinajstić information content (AvgIpc) is 1.75. The normalized spacial score (nSPS) is 9.74. The van der Waals surface area contributed by atoms with Crippen molar-refractivity contribution in [3.8, 4) is 140 Å². The summed E-state index contributed by atoms with van der Waals surface area (Å²) in [7, 11) is 0. The molecule has 22 aromatic rings. The van der Waals surface area contributed by atoms with Crippen LogP contribution >= 0.6 is 0 Å². The topological polar surface area (TPSA) is 121 Å². The standard InChI is InChI=1S/C23H16N.C18H14N.C17H12N.C13H12N.4C11H8N.C9H5F2N2.5Ir/c1-3-7-18(8-4-1)20-11-13-21(14-12-20)23-17-22(15-16-24-23)19-9-5-2-6-10-19;1-14-7-9-16(10-8-14)18-13-17(11-12-19-18)15-5-3-2-4-6-15;1-2-6-14(7-3-1)15-9-11-16(12-10-15)17-8-4-5-13-18-17;1-10-3-5-12(6-4-10)13-9-11(2)7-8-14-13;4*1-2-6-10(7-3-1)11-8-4-5-9-12-11;10-7-2-3-9(8(11)6-7)13-5-1-4-12-13;;;;;/h1-13,15-17H;2-9,11-13H,1H3;1-11,13H;3-5,7-9H,1-2H3;4*1-6,8-9H;1-2,4-6H;;;;;/q9*-1;;;;;. The minimum absolute atomic E-state index is 0. The third kappa shape index (κ3) is 35.6. The van der Waals surface area contributed by atoms with Gasteiger partial charge in [0.05, 0.1) is 0 Å². The maximum atomic E-state index is 13.1. The average molecular weight is 2720 g/mol. The molecule has 0 saturated heterocycles. The Kier molecular flexibility index (Phi) is 47.6. The molecule has 0 saturated carbocycles. The van der Waals surface area contributed by atoms with Crippen LogP contribution in [0.25, 0.3) is 140 Å². The maximum Gasteiger partial charge on any atom is 0.0493 e. The number of pyridine rings is 8. The van der Waals surface area contributed by atoms with Gasteiger partial charge in [0.1, 0.15) is 0 Å². The number of aromatic nitrogens is 10. The van der Waals surface area contributed by atoms with Gasteiger partial charge in [-0.1, -0.05) is 242 Å². The third-order valence-corrected chi connectivity index (χ3v) is 20.4. The molecule has 17 heteroatoms. The third-order valence-electron chi connectivity index (χ3n) is 20.4. The van der Waals surface area contributed by atoms with Crippen molar-refractivity contribution in [1.82, 2.24) is 49.7 Å². The van der Waals surface area contributed by atoms with Crippen LogP contribution in [-0.4, -0.2) is 49.7 Å². The van der Waals surface area contributed by atoms with Crippen LogP contribution in [0.1, 0.15) is 16.7 Å². The van der Waals surface area contributed by atoms with Crippen LogP contribution in [0.4, 0.5) is 8.78 Å². The van der Waals surface area contributed by atoms with Crippen molar-refractivity contribution in [3.63, 3.8) is 0 Å². The Morgan fingerprint density at radius 3 is 0.766 bits per heavy atom. The van der Waals surface area contributed by atoms with Crippen LogP contribution < -0.4 is 0 Å². The molecule has 705 valence electrons. The Morgan fingerprint density at radius 2 is 0.489 bits per heavy atom. The zero-order valence-electron chi connectivity index (χ0n) is 76.7. The van der Waals surface area contributed by atoms with E-state index in [0.29, 0.717) is 0 Å². The summed E-state index contributed by atoms with van der Waals surface area (Å²) in [5, 5.41) is 3.80. The van der Waals surface area contributed by atoms with Gasteiger partial charge in [0.2, 0.25) is 0 Å². The first kappa shape index (κ1) is 110. The monoisotopic (exact) mass is 2720 g/mol. The Balaban J connectivity index is 0.000000178. The van der Waals surface area contributed by atoms with Crippen molar-refractivity contribution >= 4 is 0 Å². The molecule has 0 spiro atoms. The number of rotatable bonds is 13. The van der Waals surface area contributed by atoms with Crippen molar-refractivity contribution in [2.24, 2.45) is 0 Å². The summed E-state index contributed by atoms with van der Waals surface area (Å²) in [5.41, 5.74) is 29.3. The van der Waals surface area contributed by atoms with Crippen molar-refractivity contribution in [1.29, 1.82) is 0 Å². The van der Waals surface area contributed by atoms with Crippen molar-refractivity contribution in [3.05, 3.63) is 582 Å². The molecular weight excluding hydrogens is 2630 g/mol. The summed E-state index contributed by atoms with van der Waals surface area (Å²) in [6, 6.07) is 171. The summed E-state index contributed by atoms with van der Waals surface area (Å²) in [6.07, 6.45) is 17.6. The van der Waals surface area contributed by atoms with E-state index in [4.69, 9.17) is 0 Å². The summed E-state index contributed by atoms with van der Waals surface area (Å²) < 4.78 is 26.9. The summed E-state index contributed by atoms with van der Waals surface area (Å²) in [5.74, 6) is -1.32. The SMILES string of the molecule is Cc1c[c-]c(-c2cc(-c3ccccc3)ccn2)cc1.Cc1c[c-]c(-c2cc(C)ccn2)cc1.Fc1c[c-]c(-n2cccn2)c(F)c1.[Ir].[Ir].[Ir].[Ir].[Ir].[c-]1cc(-c2ccccc2)ccc1-c1cc(-c2ccccc2)ccn1.[c-]1cc(-c2ccccc2)ccc1-c1ccccn1.[c-]1ccccc1-c1ccccn1.[c-]1ccccc1-c1ccccn1.[c-]1ccccc1-c1ccccn1.[c-]1ccccc1-c1ccccn1. The quantitative estimate of drug-likeness (QED) is 0.104. The molecule has 5 radical (unpaired) electrons. The van der Waals surface area contributed by atoms with Gasteiger partial charge in [-0.2, -0.15) is 11.2 Å². The second-order valence-electron chi connectivity index (χ2n) is 30.2. The number of aryl methyl sites for hydroxylation is 3. The van der Waals surface area contributed by atoms with E-state index < -0.39 is 11.6 Å². The van der Waals surface area contributed by atoms with Crippen LogP contribution in [0, 0.1) is 87.0 Å². The molecular formula is C124H91F2Ir5N10-9. The first-order chi connectivity index (χ1) is 67.0. The van der Waals surface area contributed by atoms with E-state index in [0.717, 1.165) is 102 Å². The molecule has 0 unspecified atom stereocenters. The molecule has 0 N–H and O–H groups in total. The molecule has 0 aliphatic heterocycles. The summed E-state index contributed by atoms with van der Waals surface area (Å²) >= 11 is 0. The molecule has 0 amide bonds. The van der Waals surface area contributed by atoms with Crippen LogP contribution in [0.15, 0.2) is 499 Å². The Hall–Kier alpha value is -14.6. The Bertz CT molecular complexity index is 6660. The van der Waals surface area contributed by atoms with Crippen LogP contribution in [0.5, 0.6) is 0 Å². The zero-order chi connectivity index (χ0) is 93.6. The van der Waals surface area contributed by atoms with Gasteiger partial charge < -0.3 is 39.9 Å². The van der Waals surface area contributed by atoms with E-state index in [9.17, 15) is 8.78 Å². The minimum Gasteiger partial charge on any atom is -0.305 e. The van der Waals surface area contributed by atoms with Crippen molar-refractivity contribution in [2.75, 3.05) is 0 Å². The molecule has 9 heterocycles. The predicted molar refractivity (Wildman–Crippen MR) is 546 cm³/mol. The molecule has 13 aromatic carbocycles. The fourth-order valence-electron chi connectivity index (χ4n) is 13.4. The molecule has 10 nitrogen and oxygen atoms in total. The summed E-state index contributed by atoms with van der Waals surface area (Å²) in [6.45, 7) is 6.19. The number of nitrogens with zero attached hydrogens (tertiary/aromatic N) is 10. The number of benzene rings is 13. The molecule has 0 bridgehead atoms. The van der Waals surface area contributed by atoms with Crippen LogP contribution in [0.2, 0.25) is 0 Å². The molecule has 0 fully saturated rings.